The smallest absolute Gasteiger partial charge is 0.321 e. The number of sulfone groups is 1. The van der Waals surface area contributed by atoms with Gasteiger partial charge in [-0.3, -0.25) is 10.1 Å². The summed E-state index contributed by atoms with van der Waals surface area (Å²) in [4.78, 5) is 23.2. The zero-order valence-corrected chi connectivity index (χ0v) is 13.0. The molecule has 0 aliphatic rings. The Morgan fingerprint density at radius 3 is 2.48 bits per heavy atom. The van der Waals surface area contributed by atoms with Crippen molar-refractivity contribution in [2.75, 3.05) is 12.3 Å². The highest BCUT2D eigenvalue weighted by atomic mass is 32.2. The van der Waals surface area contributed by atoms with E-state index in [1.807, 2.05) is 5.32 Å². The fourth-order valence-electron chi connectivity index (χ4n) is 1.74. The lowest BCUT2D eigenvalue weighted by atomic mass is 10.2. The number of carbonyl (C=O) groups is 2. The Morgan fingerprint density at radius 2 is 1.95 bits per heavy atom. The normalized spacial score (nSPS) is 12.5. The largest absolute Gasteiger partial charge is 0.399 e. The highest BCUT2D eigenvalue weighted by Gasteiger charge is 2.31. The highest BCUT2D eigenvalue weighted by Crippen LogP contribution is 2.22. The van der Waals surface area contributed by atoms with Crippen molar-refractivity contribution in [3.05, 3.63) is 23.8 Å². The molecule has 0 bridgehead atoms. The van der Waals surface area contributed by atoms with Gasteiger partial charge in [0.2, 0.25) is 5.91 Å². The maximum atomic E-state index is 12.4. The van der Waals surface area contributed by atoms with Gasteiger partial charge in [0, 0.05) is 12.2 Å². The van der Waals surface area contributed by atoms with Crippen LogP contribution in [0.1, 0.15) is 19.4 Å². The molecule has 7 nitrogen and oxygen atoms in total. The van der Waals surface area contributed by atoms with Gasteiger partial charge in [-0.15, -0.1) is 0 Å². The monoisotopic (exact) mass is 313 g/mol. The van der Waals surface area contributed by atoms with Crippen LogP contribution in [0.25, 0.3) is 0 Å². The molecule has 0 spiro atoms. The van der Waals surface area contributed by atoms with Crippen LogP contribution in [0.2, 0.25) is 0 Å². The van der Waals surface area contributed by atoms with Crippen molar-refractivity contribution in [3.63, 3.8) is 0 Å². The average molecular weight is 313 g/mol. The van der Waals surface area contributed by atoms with Crippen LogP contribution in [0, 0.1) is 6.92 Å². The number of benzene rings is 1. The van der Waals surface area contributed by atoms with E-state index in [4.69, 9.17) is 5.73 Å². The third kappa shape index (κ3) is 3.94. The van der Waals surface area contributed by atoms with Crippen LogP contribution in [0.15, 0.2) is 23.1 Å². The summed E-state index contributed by atoms with van der Waals surface area (Å²) in [7, 11) is -3.89. The van der Waals surface area contributed by atoms with E-state index < -0.39 is 27.0 Å². The van der Waals surface area contributed by atoms with Crippen LogP contribution in [0.4, 0.5) is 10.5 Å². The third-order valence-electron chi connectivity index (χ3n) is 2.91. The number of nitrogen functional groups attached to an aromatic ring is 1. The first-order chi connectivity index (χ1) is 9.70. The molecule has 0 saturated heterocycles. The molecule has 0 fully saturated rings. The number of hydrogen-bond acceptors (Lipinski definition) is 5. The number of rotatable bonds is 4. The minimum Gasteiger partial charge on any atom is -0.399 e. The van der Waals surface area contributed by atoms with Crippen molar-refractivity contribution in [1.29, 1.82) is 0 Å². The molecule has 0 saturated carbocycles. The van der Waals surface area contributed by atoms with Gasteiger partial charge in [0.1, 0.15) is 5.25 Å². The van der Waals surface area contributed by atoms with E-state index in [2.05, 4.69) is 5.32 Å². The van der Waals surface area contributed by atoms with Crippen molar-refractivity contribution in [1.82, 2.24) is 10.6 Å². The zero-order valence-electron chi connectivity index (χ0n) is 12.1. The zero-order chi connectivity index (χ0) is 16.2. The third-order valence-corrected chi connectivity index (χ3v) is 5.13. The summed E-state index contributed by atoms with van der Waals surface area (Å²) in [6.07, 6.45) is 0. The topological polar surface area (TPSA) is 118 Å². The lowest BCUT2D eigenvalue weighted by Crippen LogP contribution is -2.45. The van der Waals surface area contributed by atoms with Gasteiger partial charge >= 0.3 is 6.03 Å². The van der Waals surface area contributed by atoms with Gasteiger partial charge in [-0.1, -0.05) is 0 Å². The van der Waals surface area contributed by atoms with Crippen molar-refractivity contribution in [2.45, 2.75) is 30.9 Å². The molecule has 1 aromatic rings. The van der Waals surface area contributed by atoms with E-state index in [0.29, 0.717) is 17.8 Å². The lowest BCUT2D eigenvalue weighted by Gasteiger charge is -2.14. The molecule has 0 aliphatic heterocycles. The maximum Gasteiger partial charge on any atom is 0.321 e. The van der Waals surface area contributed by atoms with Gasteiger partial charge in [0.05, 0.1) is 4.90 Å². The van der Waals surface area contributed by atoms with Crippen LogP contribution in [0.3, 0.4) is 0 Å². The predicted octanol–water partition coefficient (Wildman–Crippen LogP) is 0.585. The number of hydrogen-bond donors (Lipinski definition) is 3. The summed E-state index contributed by atoms with van der Waals surface area (Å²) in [5.41, 5.74) is 6.47. The molecule has 0 radical (unpaired) electrons. The van der Waals surface area contributed by atoms with Gasteiger partial charge in [0.25, 0.3) is 0 Å². The van der Waals surface area contributed by atoms with Crippen molar-refractivity contribution in [2.24, 2.45) is 0 Å². The lowest BCUT2D eigenvalue weighted by molar-refractivity contribution is -0.119. The molecule has 1 unspecified atom stereocenters. The second-order valence-electron chi connectivity index (χ2n) is 4.56. The Kier molecular flexibility index (Phi) is 5.31. The summed E-state index contributed by atoms with van der Waals surface area (Å²) < 4.78 is 24.8. The minimum absolute atomic E-state index is 0.0234. The van der Waals surface area contributed by atoms with Crippen LogP contribution < -0.4 is 16.4 Å². The van der Waals surface area contributed by atoms with Gasteiger partial charge in [0.15, 0.2) is 9.84 Å². The summed E-state index contributed by atoms with van der Waals surface area (Å²) >= 11 is 0. The van der Waals surface area contributed by atoms with Crippen LogP contribution in [-0.4, -0.2) is 32.2 Å². The molecule has 1 rings (SSSR count). The van der Waals surface area contributed by atoms with E-state index in [0.717, 1.165) is 0 Å². The number of amides is 3. The number of urea groups is 1. The number of carbonyl (C=O) groups excluding carboxylic acids is 2. The standard InChI is InChI=1S/C13H19N3O4S/c1-4-15-13(18)16-12(17)9(3)21(19,20)11-6-5-10(14)7-8(11)2/h5-7,9H,4,14H2,1-3H3,(H2,15,16,17,18). The Balaban J connectivity index is 3.01. The SMILES string of the molecule is CCNC(=O)NC(=O)C(C)S(=O)(=O)c1ccc(N)cc1C. The fraction of sp³-hybridized carbons (Fsp3) is 0.385. The Hall–Kier alpha value is -2.09. The Bertz CT molecular complexity index is 655. The highest BCUT2D eigenvalue weighted by molar-refractivity contribution is 7.92. The van der Waals surface area contributed by atoms with Crippen molar-refractivity contribution < 1.29 is 18.0 Å². The van der Waals surface area contributed by atoms with Crippen molar-refractivity contribution in [3.8, 4) is 0 Å². The second kappa shape index (κ2) is 6.57. The Labute approximate surface area is 123 Å². The molecule has 0 aliphatic carbocycles. The number of nitrogens with one attached hydrogen (secondary N) is 2. The summed E-state index contributed by atoms with van der Waals surface area (Å²) in [5.74, 6) is -0.878. The molecule has 0 aromatic heterocycles. The van der Waals surface area contributed by atoms with E-state index in [1.54, 1.807) is 13.8 Å². The Morgan fingerprint density at radius 1 is 1.33 bits per heavy atom. The predicted molar refractivity (Wildman–Crippen MR) is 79.5 cm³/mol. The van der Waals surface area contributed by atoms with Crippen LogP contribution >= 0.6 is 0 Å². The first kappa shape index (κ1) is 17.0. The van der Waals surface area contributed by atoms with E-state index in [9.17, 15) is 18.0 Å². The maximum absolute atomic E-state index is 12.4. The molecular weight excluding hydrogens is 294 g/mol. The average Bonchev–Trinajstić information content (AvgIpc) is 2.37. The first-order valence-electron chi connectivity index (χ1n) is 6.38. The number of anilines is 1. The number of aryl methyl sites for hydroxylation is 1. The van der Waals surface area contributed by atoms with E-state index >= 15 is 0 Å². The molecule has 21 heavy (non-hydrogen) atoms. The van der Waals surface area contributed by atoms with Gasteiger partial charge in [-0.25, -0.2) is 13.2 Å². The van der Waals surface area contributed by atoms with Gasteiger partial charge in [-0.05, 0) is 44.5 Å². The first-order valence-corrected chi connectivity index (χ1v) is 7.93. The molecule has 3 amide bonds. The van der Waals surface area contributed by atoms with Crippen LogP contribution in [0.5, 0.6) is 0 Å². The quantitative estimate of drug-likeness (QED) is 0.703. The molecule has 4 N–H and O–H groups in total. The fourth-order valence-corrected chi connectivity index (χ4v) is 3.23. The minimum atomic E-state index is -3.89. The summed E-state index contributed by atoms with van der Waals surface area (Å²) in [5, 5.41) is 2.97. The summed E-state index contributed by atoms with van der Waals surface area (Å²) in [6, 6.07) is 3.60. The molecule has 8 heteroatoms. The number of nitrogens with two attached hydrogens (primary N) is 1. The van der Waals surface area contributed by atoms with Gasteiger partial charge in [-0.2, -0.15) is 0 Å². The molecule has 0 heterocycles. The van der Waals surface area contributed by atoms with E-state index in [-0.39, 0.29) is 4.90 Å². The van der Waals surface area contributed by atoms with E-state index in [1.165, 1.54) is 25.1 Å². The van der Waals surface area contributed by atoms with Crippen molar-refractivity contribution >= 4 is 27.5 Å². The molecule has 1 atom stereocenters. The molecule has 116 valence electrons. The van der Waals surface area contributed by atoms with Gasteiger partial charge < -0.3 is 11.1 Å². The molecule has 1 aromatic carbocycles. The molecular formula is C13H19N3O4S. The number of imide groups is 1. The summed E-state index contributed by atoms with van der Waals surface area (Å²) in [6.45, 7) is 4.84. The van der Waals surface area contributed by atoms with Crippen LogP contribution in [-0.2, 0) is 14.6 Å². The second-order valence-corrected chi connectivity index (χ2v) is 6.80.